The molecule has 0 spiro atoms. The van der Waals surface area contributed by atoms with E-state index in [1.165, 1.54) is 34.6 Å². The average Bonchev–Trinajstić information content (AvgIpc) is 2.90. The molecule has 0 aromatic heterocycles. The van der Waals surface area contributed by atoms with Crippen LogP contribution < -0.4 is 9.03 Å². The maximum absolute atomic E-state index is 12.4. The largest absolute Gasteiger partial charge is 0.280 e. The summed E-state index contributed by atoms with van der Waals surface area (Å²) < 4.78 is 52.2. The first-order chi connectivity index (χ1) is 11.2. The Morgan fingerprint density at radius 2 is 1.71 bits per heavy atom. The number of hydrogen-bond acceptors (Lipinski definition) is 4. The molecule has 1 N–H and O–H groups in total. The molecule has 0 unspecified atom stereocenters. The van der Waals surface area contributed by atoms with Crippen LogP contribution in [0.15, 0.2) is 47.4 Å². The van der Waals surface area contributed by atoms with Crippen LogP contribution >= 0.6 is 11.6 Å². The Morgan fingerprint density at radius 3 is 2.33 bits per heavy atom. The minimum Gasteiger partial charge on any atom is -0.280 e. The summed E-state index contributed by atoms with van der Waals surface area (Å²) >= 11 is 5.77. The minimum atomic E-state index is -3.78. The summed E-state index contributed by atoms with van der Waals surface area (Å²) in [4.78, 5) is 0.0763. The molecule has 128 valence electrons. The third kappa shape index (κ3) is 3.35. The van der Waals surface area contributed by atoms with Gasteiger partial charge in [0, 0.05) is 11.6 Å². The zero-order chi connectivity index (χ0) is 17.5. The predicted octanol–water partition coefficient (Wildman–Crippen LogP) is 2.46. The van der Waals surface area contributed by atoms with Crippen LogP contribution in [-0.4, -0.2) is 29.6 Å². The fraction of sp³-hybridized carbons (Fsp3) is 0.200. The second-order valence-corrected chi connectivity index (χ2v) is 9.51. The summed E-state index contributed by atoms with van der Waals surface area (Å²) in [5.74, 6) is 0. The minimum absolute atomic E-state index is 0.0763. The van der Waals surface area contributed by atoms with Crippen molar-refractivity contribution in [2.75, 3.05) is 21.8 Å². The van der Waals surface area contributed by atoms with E-state index in [-0.39, 0.29) is 4.90 Å². The molecule has 0 fully saturated rings. The highest BCUT2D eigenvalue weighted by molar-refractivity contribution is 7.92. The molecule has 2 aromatic rings. The summed E-state index contributed by atoms with van der Waals surface area (Å²) in [7, 11) is -7.17. The summed E-state index contributed by atoms with van der Waals surface area (Å²) in [5, 5.41) is 0.440. The summed E-state index contributed by atoms with van der Waals surface area (Å²) in [6, 6.07) is 10.7. The van der Waals surface area contributed by atoms with Crippen molar-refractivity contribution < 1.29 is 16.8 Å². The molecule has 1 aliphatic heterocycles. The van der Waals surface area contributed by atoms with Crippen LogP contribution in [0.5, 0.6) is 0 Å². The lowest BCUT2D eigenvalue weighted by atomic mass is 10.1. The van der Waals surface area contributed by atoms with Gasteiger partial charge in [-0.25, -0.2) is 16.8 Å². The highest BCUT2D eigenvalue weighted by Crippen LogP contribution is 2.33. The van der Waals surface area contributed by atoms with Gasteiger partial charge in [-0.05, 0) is 48.4 Å². The fourth-order valence-electron chi connectivity index (χ4n) is 2.59. The first-order valence-corrected chi connectivity index (χ1v) is 10.8. The van der Waals surface area contributed by atoms with Crippen LogP contribution in [-0.2, 0) is 26.5 Å². The van der Waals surface area contributed by atoms with Crippen LogP contribution in [0.1, 0.15) is 5.56 Å². The monoisotopic (exact) mass is 386 g/mol. The van der Waals surface area contributed by atoms with E-state index in [0.717, 1.165) is 11.8 Å². The van der Waals surface area contributed by atoms with Gasteiger partial charge >= 0.3 is 0 Å². The smallest absolute Gasteiger partial charge is 0.261 e. The molecule has 0 saturated heterocycles. The summed E-state index contributed by atoms with van der Waals surface area (Å²) in [6.07, 6.45) is 1.74. The molecular weight excluding hydrogens is 372 g/mol. The van der Waals surface area contributed by atoms with Crippen LogP contribution in [0, 0.1) is 0 Å². The lowest BCUT2D eigenvalue weighted by Crippen LogP contribution is -2.27. The van der Waals surface area contributed by atoms with E-state index < -0.39 is 20.0 Å². The van der Waals surface area contributed by atoms with Crippen molar-refractivity contribution in [2.24, 2.45) is 0 Å². The maximum Gasteiger partial charge on any atom is 0.261 e. The van der Waals surface area contributed by atoms with E-state index in [0.29, 0.717) is 29.4 Å². The van der Waals surface area contributed by atoms with Crippen molar-refractivity contribution >= 4 is 43.0 Å². The molecule has 0 bridgehead atoms. The molecule has 0 radical (unpaired) electrons. The van der Waals surface area contributed by atoms with Crippen LogP contribution in [0.3, 0.4) is 0 Å². The van der Waals surface area contributed by atoms with Gasteiger partial charge in [-0.3, -0.25) is 9.03 Å². The topological polar surface area (TPSA) is 83.6 Å². The average molecular weight is 387 g/mol. The highest BCUT2D eigenvalue weighted by atomic mass is 35.5. The van der Waals surface area contributed by atoms with Crippen molar-refractivity contribution in [3.63, 3.8) is 0 Å². The lowest BCUT2D eigenvalue weighted by molar-refractivity contribution is 0.597. The van der Waals surface area contributed by atoms with Gasteiger partial charge < -0.3 is 0 Å². The molecular formula is C15H15ClN2O4S2. The number of benzene rings is 2. The molecule has 3 rings (SSSR count). The number of anilines is 2. The highest BCUT2D eigenvalue weighted by Gasteiger charge is 2.26. The number of hydrogen-bond donors (Lipinski definition) is 1. The number of halogens is 1. The molecule has 0 aliphatic carbocycles. The van der Waals surface area contributed by atoms with Gasteiger partial charge in [0.1, 0.15) is 0 Å². The molecule has 0 amide bonds. The zero-order valence-corrected chi connectivity index (χ0v) is 15.1. The number of sulfonamides is 2. The molecule has 1 heterocycles. The van der Waals surface area contributed by atoms with Crippen LogP contribution in [0.2, 0.25) is 5.02 Å². The maximum atomic E-state index is 12.4. The number of nitrogens with zero attached hydrogens (tertiary/aromatic N) is 1. The van der Waals surface area contributed by atoms with Gasteiger partial charge in [-0.2, -0.15) is 0 Å². The van der Waals surface area contributed by atoms with Crippen molar-refractivity contribution in [1.82, 2.24) is 0 Å². The first-order valence-electron chi connectivity index (χ1n) is 7.06. The molecule has 1 aliphatic rings. The molecule has 9 heteroatoms. The van der Waals surface area contributed by atoms with Gasteiger partial charge in [0.15, 0.2) is 0 Å². The van der Waals surface area contributed by atoms with E-state index in [2.05, 4.69) is 4.72 Å². The zero-order valence-electron chi connectivity index (χ0n) is 12.7. The molecule has 0 saturated carbocycles. The first kappa shape index (κ1) is 17.1. The Hall–Kier alpha value is -1.77. The Balaban J connectivity index is 1.93. The standard InChI is InChI=1S/C15H15ClN2O4S2/c1-23(19,20)18-9-8-11-2-5-13(10-15(11)18)17-24(21,22)14-6-3-12(16)4-7-14/h2-7,10,17H,8-9H2,1H3. The summed E-state index contributed by atoms with van der Waals surface area (Å²) in [6.45, 7) is 0.363. The number of rotatable bonds is 4. The third-order valence-electron chi connectivity index (χ3n) is 3.71. The molecule has 2 aromatic carbocycles. The molecule has 6 nitrogen and oxygen atoms in total. The van der Waals surface area contributed by atoms with E-state index in [9.17, 15) is 16.8 Å². The van der Waals surface area contributed by atoms with Gasteiger partial charge in [0.25, 0.3) is 10.0 Å². The van der Waals surface area contributed by atoms with Crippen molar-refractivity contribution in [3.8, 4) is 0 Å². The van der Waals surface area contributed by atoms with E-state index in [1.54, 1.807) is 12.1 Å². The Bertz CT molecular complexity index is 987. The number of nitrogens with one attached hydrogen (secondary N) is 1. The normalized spacial score (nSPS) is 14.5. The van der Waals surface area contributed by atoms with E-state index in [1.807, 2.05) is 0 Å². The quantitative estimate of drug-likeness (QED) is 0.874. The number of fused-ring (bicyclic) bond motifs is 1. The lowest BCUT2D eigenvalue weighted by Gasteiger charge is -2.17. The summed E-state index contributed by atoms with van der Waals surface area (Å²) in [5.41, 5.74) is 1.68. The van der Waals surface area contributed by atoms with Crippen LogP contribution in [0.4, 0.5) is 11.4 Å². The van der Waals surface area contributed by atoms with Gasteiger partial charge in [-0.15, -0.1) is 0 Å². The SMILES string of the molecule is CS(=O)(=O)N1CCc2ccc(NS(=O)(=O)c3ccc(Cl)cc3)cc21. The van der Waals surface area contributed by atoms with Gasteiger partial charge in [-0.1, -0.05) is 17.7 Å². The molecule has 0 atom stereocenters. The Kier molecular flexibility index (Phi) is 4.23. The Morgan fingerprint density at radius 1 is 1.04 bits per heavy atom. The van der Waals surface area contributed by atoms with Crippen LogP contribution in [0.25, 0.3) is 0 Å². The third-order valence-corrected chi connectivity index (χ3v) is 6.54. The molecule has 24 heavy (non-hydrogen) atoms. The van der Waals surface area contributed by atoms with Gasteiger partial charge in [0.2, 0.25) is 10.0 Å². The second kappa shape index (κ2) is 5.94. The van der Waals surface area contributed by atoms with Crippen molar-refractivity contribution in [2.45, 2.75) is 11.3 Å². The van der Waals surface area contributed by atoms with Crippen molar-refractivity contribution in [1.29, 1.82) is 0 Å². The predicted molar refractivity (Wildman–Crippen MR) is 94.6 cm³/mol. The van der Waals surface area contributed by atoms with E-state index >= 15 is 0 Å². The van der Waals surface area contributed by atoms with Crippen molar-refractivity contribution in [3.05, 3.63) is 53.1 Å². The van der Waals surface area contributed by atoms with Gasteiger partial charge in [0.05, 0.1) is 22.5 Å². The van der Waals surface area contributed by atoms with E-state index in [4.69, 9.17) is 11.6 Å². The fourth-order valence-corrected chi connectivity index (χ4v) is 4.71. The second-order valence-electron chi connectivity index (χ2n) is 5.49. The Labute approximate surface area is 146 Å².